The molecule has 4 heteroatoms. The van der Waals surface area contributed by atoms with Crippen LogP contribution < -0.4 is 4.90 Å². The summed E-state index contributed by atoms with van der Waals surface area (Å²) in [6.45, 7) is 0.591. The molecule has 0 aliphatic heterocycles. The van der Waals surface area contributed by atoms with Crippen LogP contribution in [0.1, 0.15) is 15.9 Å². The van der Waals surface area contributed by atoms with E-state index < -0.39 is 0 Å². The second kappa shape index (κ2) is 6.76. The van der Waals surface area contributed by atoms with E-state index in [9.17, 15) is 4.79 Å². The molecule has 0 fully saturated rings. The number of rotatable bonds is 4. The summed E-state index contributed by atoms with van der Waals surface area (Å²) in [4.78, 5) is 16.2. The van der Waals surface area contributed by atoms with Gasteiger partial charge in [0.1, 0.15) is 0 Å². The zero-order chi connectivity index (χ0) is 15.4. The van der Waals surface area contributed by atoms with Gasteiger partial charge < -0.3 is 9.80 Å². The topological polar surface area (TPSA) is 23.6 Å². The molecule has 0 aliphatic carbocycles. The highest BCUT2D eigenvalue weighted by Crippen LogP contribution is 2.19. The Morgan fingerprint density at radius 2 is 1.62 bits per heavy atom. The summed E-state index contributed by atoms with van der Waals surface area (Å²) in [5, 5.41) is 0. The summed E-state index contributed by atoms with van der Waals surface area (Å²) in [5.74, 6) is 0.0131. The van der Waals surface area contributed by atoms with Crippen molar-refractivity contribution in [2.45, 2.75) is 6.54 Å². The van der Waals surface area contributed by atoms with Gasteiger partial charge in [-0.15, -0.1) is 0 Å². The molecule has 0 unspecified atom stereocenters. The molecular formula is C17H19BrN2O. The minimum absolute atomic E-state index is 0.0131. The number of nitrogens with zero attached hydrogens (tertiary/aromatic N) is 2. The van der Waals surface area contributed by atoms with Crippen molar-refractivity contribution in [2.75, 3.05) is 26.0 Å². The lowest BCUT2D eigenvalue weighted by Gasteiger charge is -2.19. The summed E-state index contributed by atoms with van der Waals surface area (Å²) in [6, 6.07) is 15.7. The fourth-order valence-electron chi connectivity index (χ4n) is 2.09. The fourth-order valence-corrected chi connectivity index (χ4v) is 2.54. The molecular weight excluding hydrogens is 328 g/mol. The fraction of sp³-hybridized carbons (Fsp3) is 0.235. The molecule has 0 N–H and O–H groups in total. The van der Waals surface area contributed by atoms with Crippen molar-refractivity contribution in [3.05, 3.63) is 64.1 Å². The predicted octanol–water partition coefficient (Wildman–Crippen LogP) is 3.79. The number of benzene rings is 2. The zero-order valence-electron chi connectivity index (χ0n) is 12.5. The van der Waals surface area contributed by atoms with Gasteiger partial charge in [-0.05, 0) is 45.8 Å². The second-order valence-corrected chi connectivity index (χ2v) is 6.06. The number of carbonyl (C=O) groups is 1. The van der Waals surface area contributed by atoms with E-state index in [-0.39, 0.29) is 5.91 Å². The Labute approximate surface area is 134 Å². The van der Waals surface area contributed by atoms with Crippen LogP contribution in [0.15, 0.2) is 53.0 Å². The number of halogens is 1. The van der Waals surface area contributed by atoms with Gasteiger partial charge in [0, 0.05) is 37.8 Å². The highest BCUT2D eigenvalue weighted by molar-refractivity contribution is 9.10. The summed E-state index contributed by atoms with van der Waals surface area (Å²) >= 11 is 3.42. The van der Waals surface area contributed by atoms with Gasteiger partial charge in [0.05, 0.1) is 5.56 Å². The first-order valence-corrected chi connectivity index (χ1v) is 7.54. The lowest BCUT2D eigenvalue weighted by Crippen LogP contribution is -2.26. The second-order valence-electron chi connectivity index (χ2n) is 5.20. The molecule has 2 aromatic carbocycles. The van der Waals surface area contributed by atoms with E-state index in [2.05, 4.69) is 45.1 Å². The Kier molecular flexibility index (Phi) is 5.02. The number of hydrogen-bond donors (Lipinski definition) is 0. The molecule has 1 amide bonds. The van der Waals surface area contributed by atoms with Crippen LogP contribution in [0, 0.1) is 0 Å². The maximum Gasteiger partial charge on any atom is 0.255 e. The molecule has 0 saturated carbocycles. The van der Waals surface area contributed by atoms with E-state index in [1.807, 2.05) is 45.4 Å². The van der Waals surface area contributed by atoms with E-state index in [0.29, 0.717) is 12.1 Å². The molecule has 110 valence electrons. The molecule has 0 aromatic heterocycles. The van der Waals surface area contributed by atoms with Crippen LogP contribution in [0.25, 0.3) is 0 Å². The molecule has 0 aliphatic rings. The van der Waals surface area contributed by atoms with Crippen LogP contribution in [0.3, 0.4) is 0 Å². The Balaban J connectivity index is 2.09. The third-order valence-electron chi connectivity index (χ3n) is 3.32. The molecule has 2 aromatic rings. The maximum absolute atomic E-state index is 12.4. The van der Waals surface area contributed by atoms with Crippen molar-refractivity contribution in [2.24, 2.45) is 0 Å². The summed E-state index contributed by atoms with van der Waals surface area (Å²) < 4.78 is 0.824. The molecule has 0 bridgehead atoms. The van der Waals surface area contributed by atoms with Crippen molar-refractivity contribution in [3.8, 4) is 0 Å². The third-order valence-corrected chi connectivity index (χ3v) is 4.01. The number of carbonyl (C=O) groups excluding carboxylic acids is 1. The van der Waals surface area contributed by atoms with Crippen LogP contribution in [0.5, 0.6) is 0 Å². The van der Waals surface area contributed by atoms with Crippen molar-refractivity contribution in [1.82, 2.24) is 4.90 Å². The zero-order valence-corrected chi connectivity index (χ0v) is 14.1. The number of hydrogen-bond acceptors (Lipinski definition) is 2. The number of anilines is 1. The molecule has 2 rings (SSSR count). The van der Waals surface area contributed by atoms with E-state index in [1.165, 1.54) is 0 Å². The van der Waals surface area contributed by atoms with Gasteiger partial charge in [0.15, 0.2) is 0 Å². The summed E-state index contributed by atoms with van der Waals surface area (Å²) in [6.07, 6.45) is 0. The first kappa shape index (κ1) is 15.6. The molecule has 0 spiro atoms. The molecule has 0 heterocycles. The van der Waals surface area contributed by atoms with Crippen LogP contribution in [0.4, 0.5) is 5.69 Å². The van der Waals surface area contributed by atoms with Crippen molar-refractivity contribution >= 4 is 27.5 Å². The molecule has 21 heavy (non-hydrogen) atoms. The minimum Gasteiger partial charge on any atom is -0.378 e. The van der Waals surface area contributed by atoms with Crippen molar-refractivity contribution in [3.63, 3.8) is 0 Å². The van der Waals surface area contributed by atoms with Crippen molar-refractivity contribution < 1.29 is 4.79 Å². The van der Waals surface area contributed by atoms with Gasteiger partial charge in [-0.1, -0.05) is 24.3 Å². The van der Waals surface area contributed by atoms with Gasteiger partial charge in [0.2, 0.25) is 0 Å². The molecule has 0 saturated heterocycles. The maximum atomic E-state index is 12.4. The van der Waals surface area contributed by atoms with E-state index >= 15 is 0 Å². The predicted molar refractivity (Wildman–Crippen MR) is 90.7 cm³/mol. The largest absolute Gasteiger partial charge is 0.378 e. The van der Waals surface area contributed by atoms with Gasteiger partial charge in [-0.2, -0.15) is 0 Å². The highest BCUT2D eigenvalue weighted by atomic mass is 79.9. The van der Waals surface area contributed by atoms with Gasteiger partial charge >= 0.3 is 0 Å². The van der Waals surface area contributed by atoms with E-state index in [4.69, 9.17) is 0 Å². The normalized spacial score (nSPS) is 10.3. The Hall–Kier alpha value is -1.81. The van der Waals surface area contributed by atoms with Crippen molar-refractivity contribution in [1.29, 1.82) is 0 Å². The quantitative estimate of drug-likeness (QED) is 0.840. The molecule has 0 radical (unpaired) electrons. The SMILES string of the molecule is CN(Cc1ccc(N(C)C)cc1)C(=O)c1ccccc1Br. The first-order chi connectivity index (χ1) is 9.99. The average Bonchev–Trinajstić information content (AvgIpc) is 2.47. The van der Waals surface area contributed by atoms with Gasteiger partial charge in [0.25, 0.3) is 5.91 Å². The van der Waals surface area contributed by atoms with Gasteiger partial charge in [-0.25, -0.2) is 0 Å². The minimum atomic E-state index is 0.0131. The van der Waals surface area contributed by atoms with Crippen LogP contribution >= 0.6 is 15.9 Å². The van der Waals surface area contributed by atoms with Gasteiger partial charge in [-0.3, -0.25) is 4.79 Å². The molecule has 0 atom stereocenters. The first-order valence-electron chi connectivity index (χ1n) is 6.75. The average molecular weight is 347 g/mol. The lowest BCUT2D eigenvalue weighted by atomic mass is 10.1. The smallest absolute Gasteiger partial charge is 0.255 e. The van der Waals surface area contributed by atoms with Crippen LogP contribution in [-0.2, 0) is 6.54 Å². The summed E-state index contributed by atoms with van der Waals surface area (Å²) in [5.41, 5.74) is 2.95. The summed E-state index contributed by atoms with van der Waals surface area (Å²) in [7, 11) is 5.84. The molecule has 3 nitrogen and oxygen atoms in total. The Morgan fingerprint density at radius 3 is 2.19 bits per heavy atom. The Morgan fingerprint density at radius 1 is 1.00 bits per heavy atom. The standard InChI is InChI=1S/C17H19BrN2O/c1-19(2)14-10-8-13(9-11-14)12-20(3)17(21)15-6-4-5-7-16(15)18/h4-11H,12H2,1-3H3. The monoisotopic (exact) mass is 346 g/mol. The lowest BCUT2D eigenvalue weighted by molar-refractivity contribution is 0.0784. The third kappa shape index (κ3) is 3.85. The van der Waals surface area contributed by atoms with E-state index in [1.54, 1.807) is 4.90 Å². The van der Waals surface area contributed by atoms with Crippen LogP contribution in [-0.4, -0.2) is 32.0 Å². The van der Waals surface area contributed by atoms with Crippen LogP contribution in [0.2, 0.25) is 0 Å². The Bertz CT molecular complexity index is 623. The number of amides is 1. The van der Waals surface area contributed by atoms with E-state index in [0.717, 1.165) is 15.7 Å². The highest BCUT2D eigenvalue weighted by Gasteiger charge is 2.14.